The summed E-state index contributed by atoms with van der Waals surface area (Å²) >= 11 is 0. The molecule has 21 heavy (non-hydrogen) atoms. The first-order chi connectivity index (χ1) is 9.99. The maximum Gasteiger partial charge on any atom is 0.221 e. The molecular weight excluding hydrogens is 264 g/mol. The Morgan fingerprint density at radius 1 is 1.29 bits per heavy atom. The fraction of sp³-hybridized carbons (Fsp3) is 0.765. The SMILES string of the molecule is CC(=O)N(CCC(=O)NCC(C)C)CCC1=CCCCC1. The lowest BCUT2D eigenvalue weighted by molar-refractivity contribution is -0.129. The molecule has 0 fully saturated rings. The first-order valence-electron chi connectivity index (χ1n) is 8.19. The number of rotatable bonds is 8. The topological polar surface area (TPSA) is 49.4 Å². The van der Waals surface area contributed by atoms with Crippen LogP contribution < -0.4 is 5.32 Å². The molecule has 1 aliphatic carbocycles. The fourth-order valence-electron chi connectivity index (χ4n) is 2.48. The zero-order chi connectivity index (χ0) is 15.7. The lowest BCUT2D eigenvalue weighted by atomic mass is 9.97. The van der Waals surface area contributed by atoms with Crippen LogP contribution in [0.4, 0.5) is 0 Å². The zero-order valence-corrected chi connectivity index (χ0v) is 13.8. The second-order valence-electron chi connectivity index (χ2n) is 6.31. The number of amides is 2. The molecule has 0 aliphatic heterocycles. The third-order valence-corrected chi connectivity index (χ3v) is 3.85. The van der Waals surface area contributed by atoms with Gasteiger partial charge in [-0.2, -0.15) is 0 Å². The van der Waals surface area contributed by atoms with Crippen molar-refractivity contribution in [3.8, 4) is 0 Å². The number of hydrogen-bond acceptors (Lipinski definition) is 2. The summed E-state index contributed by atoms with van der Waals surface area (Å²) in [7, 11) is 0. The van der Waals surface area contributed by atoms with Crippen molar-refractivity contribution in [3.05, 3.63) is 11.6 Å². The van der Waals surface area contributed by atoms with Crippen LogP contribution in [0, 0.1) is 5.92 Å². The van der Waals surface area contributed by atoms with Gasteiger partial charge >= 0.3 is 0 Å². The Bertz CT molecular complexity index is 375. The number of nitrogens with one attached hydrogen (secondary N) is 1. The van der Waals surface area contributed by atoms with Gasteiger partial charge in [-0.25, -0.2) is 0 Å². The Morgan fingerprint density at radius 3 is 2.62 bits per heavy atom. The monoisotopic (exact) mass is 294 g/mol. The Hall–Kier alpha value is -1.32. The molecule has 0 atom stereocenters. The second-order valence-corrected chi connectivity index (χ2v) is 6.31. The molecule has 4 nitrogen and oxygen atoms in total. The smallest absolute Gasteiger partial charge is 0.221 e. The summed E-state index contributed by atoms with van der Waals surface area (Å²) in [5, 5.41) is 2.89. The number of nitrogens with zero attached hydrogens (tertiary/aromatic N) is 1. The van der Waals surface area contributed by atoms with E-state index >= 15 is 0 Å². The molecule has 1 aliphatic rings. The van der Waals surface area contributed by atoms with Crippen LogP contribution in [0.1, 0.15) is 59.3 Å². The molecule has 4 heteroatoms. The highest BCUT2D eigenvalue weighted by molar-refractivity contribution is 5.78. The molecule has 1 rings (SSSR count). The summed E-state index contributed by atoms with van der Waals surface area (Å²) in [6.45, 7) is 7.68. The Balaban J connectivity index is 2.30. The predicted molar refractivity (Wildman–Crippen MR) is 85.9 cm³/mol. The molecule has 0 heterocycles. The van der Waals surface area contributed by atoms with Crippen LogP contribution in [-0.2, 0) is 9.59 Å². The van der Waals surface area contributed by atoms with E-state index in [9.17, 15) is 9.59 Å². The minimum Gasteiger partial charge on any atom is -0.356 e. The van der Waals surface area contributed by atoms with E-state index in [0.717, 1.165) is 13.0 Å². The van der Waals surface area contributed by atoms with E-state index in [1.807, 2.05) is 0 Å². The third kappa shape index (κ3) is 7.88. The van der Waals surface area contributed by atoms with Crippen molar-refractivity contribution >= 4 is 11.8 Å². The van der Waals surface area contributed by atoms with E-state index in [1.165, 1.54) is 31.3 Å². The van der Waals surface area contributed by atoms with Gasteiger partial charge < -0.3 is 10.2 Å². The van der Waals surface area contributed by atoms with E-state index in [2.05, 4.69) is 25.2 Å². The quantitative estimate of drug-likeness (QED) is 0.700. The normalized spacial score (nSPS) is 14.8. The maximum absolute atomic E-state index is 11.7. The van der Waals surface area contributed by atoms with Crippen molar-refractivity contribution in [1.29, 1.82) is 0 Å². The summed E-state index contributed by atoms with van der Waals surface area (Å²) in [5.41, 5.74) is 1.47. The average molecular weight is 294 g/mol. The first kappa shape index (κ1) is 17.7. The minimum absolute atomic E-state index is 0.0341. The highest BCUT2D eigenvalue weighted by atomic mass is 16.2. The predicted octanol–water partition coefficient (Wildman–Crippen LogP) is 2.89. The molecule has 0 aromatic rings. The van der Waals surface area contributed by atoms with Crippen molar-refractivity contribution in [2.45, 2.75) is 59.3 Å². The molecule has 0 bridgehead atoms. The highest BCUT2D eigenvalue weighted by Crippen LogP contribution is 2.20. The molecule has 0 unspecified atom stereocenters. The molecule has 0 saturated heterocycles. The first-order valence-corrected chi connectivity index (χ1v) is 8.19. The van der Waals surface area contributed by atoms with Crippen molar-refractivity contribution < 1.29 is 9.59 Å². The van der Waals surface area contributed by atoms with Crippen LogP contribution in [-0.4, -0.2) is 36.3 Å². The lowest BCUT2D eigenvalue weighted by Gasteiger charge is -2.22. The third-order valence-electron chi connectivity index (χ3n) is 3.85. The van der Waals surface area contributed by atoms with Crippen LogP contribution in [0.25, 0.3) is 0 Å². The molecule has 1 N–H and O–H groups in total. The van der Waals surface area contributed by atoms with E-state index in [1.54, 1.807) is 11.8 Å². The Morgan fingerprint density at radius 2 is 2.05 bits per heavy atom. The van der Waals surface area contributed by atoms with E-state index in [0.29, 0.717) is 25.4 Å². The molecule has 120 valence electrons. The second kappa shape index (κ2) is 9.59. The maximum atomic E-state index is 11.7. The van der Waals surface area contributed by atoms with Gasteiger partial charge in [-0.3, -0.25) is 9.59 Å². The minimum atomic E-state index is 0.0341. The van der Waals surface area contributed by atoms with Crippen LogP contribution in [0.15, 0.2) is 11.6 Å². The Kier molecular flexibility index (Phi) is 8.09. The van der Waals surface area contributed by atoms with Gasteiger partial charge in [0.05, 0.1) is 0 Å². The zero-order valence-electron chi connectivity index (χ0n) is 13.8. The van der Waals surface area contributed by atoms with Gasteiger partial charge in [0.15, 0.2) is 0 Å². The number of hydrogen-bond donors (Lipinski definition) is 1. The molecule has 0 aromatic carbocycles. The van der Waals surface area contributed by atoms with Crippen LogP contribution >= 0.6 is 0 Å². The highest BCUT2D eigenvalue weighted by Gasteiger charge is 2.12. The van der Waals surface area contributed by atoms with Crippen molar-refractivity contribution in [3.63, 3.8) is 0 Å². The van der Waals surface area contributed by atoms with Gasteiger partial charge in [-0.05, 0) is 38.0 Å². The standard InChI is InChI=1S/C17H30N2O2/c1-14(2)13-18-17(21)10-12-19(15(3)20)11-9-16-7-5-4-6-8-16/h7,14H,4-6,8-13H2,1-3H3,(H,18,21). The van der Waals surface area contributed by atoms with Gasteiger partial charge in [-0.15, -0.1) is 0 Å². The van der Waals surface area contributed by atoms with Gasteiger partial charge in [0.2, 0.25) is 11.8 Å². The molecule has 0 aromatic heterocycles. The fourth-order valence-corrected chi connectivity index (χ4v) is 2.48. The summed E-state index contributed by atoms with van der Waals surface area (Å²) in [6.07, 6.45) is 8.56. The van der Waals surface area contributed by atoms with E-state index < -0.39 is 0 Å². The van der Waals surface area contributed by atoms with Crippen molar-refractivity contribution in [2.75, 3.05) is 19.6 Å². The molecule has 0 spiro atoms. The van der Waals surface area contributed by atoms with Crippen LogP contribution in [0.2, 0.25) is 0 Å². The van der Waals surface area contributed by atoms with Gasteiger partial charge in [0, 0.05) is 33.0 Å². The van der Waals surface area contributed by atoms with Crippen LogP contribution in [0.5, 0.6) is 0 Å². The van der Waals surface area contributed by atoms with Crippen molar-refractivity contribution in [1.82, 2.24) is 10.2 Å². The van der Waals surface area contributed by atoms with E-state index in [-0.39, 0.29) is 11.8 Å². The van der Waals surface area contributed by atoms with Gasteiger partial charge in [-0.1, -0.05) is 25.5 Å². The van der Waals surface area contributed by atoms with Gasteiger partial charge in [0.1, 0.15) is 0 Å². The summed E-state index contributed by atoms with van der Waals surface area (Å²) in [5.74, 6) is 0.547. The summed E-state index contributed by atoms with van der Waals surface area (Å²) < 4.78 is 0. The van der Waals surface area contributed by atoms with Gasteiger partial charge in [0.25, 0.3) is 0 Å². The van der Waals surface area contributed by atoms with Crippen molar-refractivity contribution in [2.24, 2.45) is 5.92 Å². The largest absolute Gasteiger partial charge is 0.356 e. The molecule has 2 amide bonds. The summed E-state index contributed by atoms with van der Waals surface area (Å²) in [6, 6.07) is 0. The van der Waals surface area contributed by atoms with E-state index in [4.69, 9.17) is 0 Å². The van der Waals surface area contributed by atoms with Crippen LogP contribution in [0.3, 0.4) is 0 Å². The molecule has 0 saturated carbocycles. The number of allylic oxidation sites excluding steroid dienone is 1. The molecular formula is C17H30N2O2. The summed E-state index contributed by atoms with van der Waals surface area (Å²) in [4.78, 5) is 25.2. The lowest BCUT2D eigenvalue weighted by Crippen LogP contribution is -2.35. The Labute approximate surface area is 129 Å². The number of carbonyl (C=O) groups excluding carboxylic acids is 2. The molecule has 0 radical (unpaired) electrons. The number of carbonyl (C=O) groups is 2. The average Bonchev–Trinajstić information content (AvgIpc) is 2.45.